The molecule has 10 rings (SSSR count). The van der Waals surface area contributed by atoms with Gasteiger partial charge in [0, 0.05) is 59.1 Å². The first-order valence-electron chi connectivity index (χ1n) is 22.1. The van der Waals surface area contributed by atoms with Gasteiger partial charge in [-0.2, -0.15) is 0 Å². The van der Waals surface area contributed by atoms with E-state index in [1.54, 1.807) is 24.3 Å². The second-order valence-electron chi connectivity index (χ2n) is 17.2. The minimum absolute atomic E-state index is 0.00994. The number of hydrogen-bond acceptors (Lipinski definition) is 9. The number of aromatic hydroxyl groups is 2. The highest BCUT2D eigenvalue weighted by Crippen LogP contribution is 2.57. The van der Waals surface area contributed by atoms with Crippen molar-refractivity contribution >= 4 is 51.2 Å². The summed E-state index contributed by atoms with van der Waals surface area (Å²) in [6, 6.07) is 33.3. The number of fused-ring (bicyclic) bond motifs is 9. The number of piperidine rings is 1. The van der Waals surface area contributed by atoms with Gasteiger partial charge < -0.3 is 38.3 Å². The van der Waals surface area contributed by atoms with Gasteiger partial charge in [-0.05, 0) is 153 Å². The van der Waals surface area contributed by atoms with E-state index in [-0.39, 0.29) is 17.1 Å². The predicted molar refractivity (Wildman–Crippen MR) is 252 cm³/mol. The van der Waals surface area contributed by atoms with Crippen molar-refractivity contribution in [1.29, 1.82) is 0 Å². The lowest BCUT2D eigenvalue weighted by atomic mass is 9.77. The van der Waals surface area contributed by atoms with E-state index in [4.69, 9.17) is 38.0 Å². The molecule has 0 bridgehead atoms. The third-order valence-corrected chi connectivity index (χ3v) is 13.7. The Bertz CT molecular complexity index is 2940. The Labute approximate surface area is 381 Å². The lowest BCUT2D eigenvalue weighted by Gasteiger charge is -2.36. The third-order valence-electron chi connectivity index (χ3n) is 13.1. The molecule has 5 aromatic carbocycles. The van der Waals surface area contributed by atoms with Crippen molar-refractivity contribution in [3.63, 3.8) is 0 Å². The Hall–Kier alpha value is -6.14. The Morgan fingerprint density at radius 1 is 0.766 bits per heavy atom. The molecule has 3 aliphatic rings. The molecule has 1 saturated heterocycles. The van der Waals surface area contributed by atoms with Gasteiger partial charge >= 0.3 is 5.97 Å². The van der Waals surface area contributed by atoms with Crippen molar-refractivity contribution in [2.45, 2.75) is 69.4 Å². The van der Waals surface area contributed by atoms with E-state index in [0.29, 0.717) is 64.8 Å². The van der Waals surface area contributed by atoms with E-state index in [1.165, 1.54) is 17.7 Å². The molecule has 2 aromatic heterocycles. The van der Waals surface area contributed by atoms with Gasteiger partial charge in [-0.15, -0.1) is 0 Å². The van der Waals surface area contributed by atoms with E-state index in [9.17, 15) is 19.8 Å². The number of rotatable bonds is 14. The molecule has 0 amide bonds. The molecular weight excluding hydrogens is 846 g/mol. The van der Waals surface area contributed by atoms with Crippen molar-refractivity contribution in [2.75, 3.05) is 26.2 Å². The zero-order valence-electron chi connectivity index (χ0n) is 35.3. The smallest absolute Gasteiger partial charge is 0.340 e. The molecule has 12 heteroatoms. The zero-order chi connectivity index (χ0) is 44.0. The van der Waals surface area contributed by atoms with E-state index in [1.807, 2.05) is 75.8 Å². The molecule has 0 radical (unpaired) electrons. The number of halogens is 1. The molecule has 2 N–H and O–H groups in total. The molecule has 3 aliphatic heterocycles. The number of phenolic OH excluding ortho intramolecular Hbond substituents is 2. The van der Waals surface area contributed by atoms with Crippen LogP contribution in [-0.2, 0) is 23.3 Å². The second-order valence-corrected chi connectivity index (χ2v) is 18.2. The van der Waals surface area contributed by atoms with Crippen LogP contribution in [0.4, 0.5) is 0 Å². The summed E-state index contributed by atoms with van der Waals surface area (Å²) < 4.78 is 22.4. The fraction of sp³-hybridized carbons (Fsp3) is 0.288. The van der Waals surface area contributed by atoms with Gasteiger partial charge in [-0.1, -0.05) is 48.1 Å². The number of aryl methyl sites for hydroxylation is 1. The summed E-state index contributed by atoms with van der Waals surface area (Å²) in [5.41, 5.74) is 5.83. The van der Waals surface area contributed by atoms with Gasteiger partial charge in [0.15, 0.2) is 5.60 Å². The quantitative estimate of drug-likeness (QED) is 0.0626. The topological polar surface area (TPSA) is 115 Å². The lowest BCUT2D eigenvalue weighted by molar-refractivity contribution is 0.0224. The molecule has 0 unspecified atom stereocenters. The number of nitrogens with zero attached hydrogens (tertiary/aromatic N) is 3. The minimum atomic E-state index is -1.29. The lowest BCUT2D eigenvalue weighted by Crippen LogP contribution is -2.34. The molecule has 7 aromatic rings. The molecule has 64 heavy (non-hydrogen) atoms. The summed E-state index contributed by atoms with van der Waals surface area (Å²) in [7, 11) is 0. The fourth-order valence-corrected chi connectivity index (χ4v) is 10.3. The summed E-state index contributed by atoms with van der Waals surface area (Å²) >= 11 is 11.9. The maximum absolute atomic E-state index is 13.7. The number of ether oxygens (including phenoxy) is 3. The molecule has 1 spiro atoms. The number of benzene rings is 5. The summed E-state index contributed by atoms with van der Waals surface area (Å²) in [5.74, 6) is 1.58. The van der Waals surface area contributed by atoms with Crippen molar-refractivity contribution in [3.05, 3.63) is 164 Å². The first kappa shape index (κ1) is 41.8. The molecule has 5 heterocycles. The monoisotopic (exact) mass is 893 g/mol. The van der Waals surface area contributed by atoms with Crippen molar-refractivity contribution in [2.24, 2.45) is 0 Å². The average molecular weight is 894 g/mol. The van der Waals surface area contributed by atoms with Gasteiger partial charge in [0.05, 0.1) is 23.2 Å². The highest BCUT2D eigenvalue weighted by atomic mass is 35.5. The largest absolute Gasteiger partial charge is 0.508 e. The molecule has 0 aliphatic carbocycles. The molecular formula is C52H48ClN3O7S. The predicted octanol–water partition coefficient (Wildman–Crippen LogP) is 10.7. The highest BCUT2D eigenvalue weighted by Gasteiger charge is 2.53. The van der Waals surface area contributed by atoms with Gasteiger partial charge in [0.2, 0.25) is 0 Å². The molecule has 0 atom stereocenters. The normalized spacial score (nSPS) is 15.5. The summed E-state index contributed by atoms with van der Waals surface area (Å²) in [4.78, 5) is 30.6. The van der Waals surface area contributed by atoms with Gasteiger partial charge in [-0.25, -0.2) is 4.79 Å². The van der Waals surface area contributed by atoms with Crippen LogP contribution in [0, 0.1) is 0 Å². The average Bonchev–Trinajstić information content (AvgIpc) is 3.90. The van der Waals surface area contributed by atoms with Gasteiger partial charge in [0.1, 0.15) is 34.3 Å². The maximum Gasteiger partial charge on any atom is 0.340 e. The Kier molecular flexibility index (Phi) is 11.4. The second kappa shape index (κ2) is 17.4. The van der Waals surface area contributed by atoms with Crippen LogP contribution in [0.25, 0.3) is 16.6 Å². The van der Waals surface area contributed by atoms with Crippen LogP contribution in [0.1, 0.15) is 89.0 Å². The molecule has 10 nitrogen and oxygen atoms in total. The number of esters is 1. The van der Waals surface area contributed by atoms with Gasteiger partial charge in [0.25, 0.3) is 5.56 Å². The number of thiocarbonyl (C=S) groups is 1. The van der Waals surface area contributed by atoms with Crippen LogP contribution in [0.2, 0.25) is 5.02 Å². The molecule has 1 fully saturated rings. The summed E-state index contributed by atoms with van der Waals surface area (Å²) in [5, 5.41) is 21.2. The standard InChI is InChI=1S/C52H48ClN3O7S/c53-36-11-9-34(10-12-36)35-20-25-54(26-21-35)22-5-24-56-45-19-15-39(32-47(45)55-23-4-7-46(55)50(56)59)61-27-3-1-2-6-40(64)28-33-8-16-42-41(29-33)51(60)63-52(42)43-17-13-37(57)30-48(43)62-49-31-38(58)14-18-44(49)52/h4,7-19,23,29-32,35,57-58H,1-3,5-6,20-22,24-28H2. The fourth-order valence-electron chi connectivity index (χ4n) is 9.90. The number of phenols is 2. The van der Waals surface area contributed by atoms with Crippen LogP contribution < -0.4 is 15.0 Å². The summed E-state index contributed by atoms with van der Waals surface area (Å²) in [6.07, 6.45) is 9.14. The number of aromatic nitrogens is 2. The molecule has 0 saturated carbocycles. The third kappa shape index (κ3) is 7.90. The summed E-state index contributed by atoms with van der Waals surface area (Å²) in [6.45, 7) is 4.27. The van der Waals surface area contributed by atoms with Crippen molar-refractivity contribution in [3.8, 4) is 28.7 Å². The van der Waals surface area contributed by atoms with Crippen molar-refractivity contribution < 1.29 is 29.2 Å². The zero-order valence-corrected chi connectivity index (χ0v) is 36.9. The minimum Gasteiger partial charge on any atom is -0.508 e. The number of hydrogen-bond donors (Lipinski definition) is 2. The maximum atomic E-state index is 13.7. The molecule has 326 valence electrons. The van der Waals surface area contributed by atoms with Crippen LogP contribution >= 0.6 is 23.8 Å². The Morgan fingerprint density at radius 2 is 1.50 bits per heavy atom. The van der Waals surface area contributed by atoms with Crippen LogP contribution in [0.15, 0.2) is 120 Å². The number of likely N-dealkylation sites (tertiary alicyclic amines) is 1. The van der Waals surface area contributed by atoms with E-state index < -0.39 is 11.6 Å². The highest BCUT2D eigenvalue weighted by molar-refractivity contribution is 7.80. The number of carbonyl (C=O) groups excluding carboxylic acids is 1. The number of unbranched alkanes of at least 4 members (excludes halogenated alkanes) is 2. The number of carbonyl (C=O) groups is 1. The van der Waals surface area contributed by atoms with Gasteiger partial charge in [-0.3, -0.25) is 4.79 Å². The Balaban J connectivity index is 0.724. The van der Waals surface area contributed by atoms with E-state index in [2.05, 4.69) is 17.0 Å². The van der Waals surface area contributed by atoms with Crippen molar-refractivity contribution in [1.82, 2.24) is 13.9 Å². The first-order valence-corrected chi connectivity index (χ1v) is 22.9. The first-order chi connectivity index (χ1) is 31.1. The van der Waals surface area contributed by atoms with E-state index in [0.717, 1.165) is 96.8 Å². The SMILES string of the molecule is O=C1OC2(c3ccc(O)cc3Oc3cc(O)ccc32)c2ccc(CC(=S)CCCCCOc3ccc4c(c3)n3cccc3c(=O)n4CCCN3CCC(c4ccc(Cl)cc4)CC3)cc21. The van der Waals surface area contributed by atoms with Crippen LogP contribution in [-0.4, -0.2) is 61.2 Å². The van der Waals surface area contributed by atoms with Crippen LogP contribution in [0.5, 0.6) is 28.7 Å². The van der Waals surface area contributed by atoms with Crippen LogP contribution in [0.3, 0.4) is 0 Å². The Morgan fingerprint density at radius 3 is 2.25 bits per heavy atom. The van der Waals surface area contributed by atoms with E-state index >= 15 is 0 Å².